The zero-order valence-corrected chi connectivity index (χ0v) is 26.8. The molecule has 0 fully saturated rings. The van der Waals surface area contributed by atoms with Gasteiger partial charge in [-0.2, -0.15) is 0 Å². The van der Waals surface area contributed by atoms with Crippen molar-refractivity contribution in [1.82, 2.24) is 0 Å². The summed E-state index contributed by atoms with van der Waals surface area (Å²) in [7, 11) is 0. The smallest absolute Gasteiger partial charge is 0.140 e. The molecule has 2 heteroatoms. The molecule has 49 heavy (non-hydrogen) atoms. The average molecular weight is 626 g/mol. The first-order valence-corrected chi connectivity index (χ1v) is 16.9. The van der Waals surface area contributed by atoms with Gasteiger partial charge in [-0.15, -0.1) is 0 Å². The number of para-hydroxylation sites is 2. The van der Waals surface area contributed by atoms with Crippen molar-refractivity contribution in [3.63, 3.8) is 0 Å². The number of nitrogens with zero attached hydrogens (tertiary/aromatic N) is 1. The van der Waals surface area contributed by atoms with E-state index in [2.05, 4.69) is 193 Å². The summed E-state index contributed by atoms with van der Waals surface area (Å²) in [5, 5.41) is 6.06. The summed E-state index contributed by atoms with van der Waals surface area (Å²) in [5.41, 5.74) is 9.63. The quantitative estimate of drug-likeness (QED) is 0.177. The van der Waals surface area contributed by atoms with Gasteiger partial charge in [-0.1, -0.05) is 146 Å². The second kappa shape index (κ2) is 10.8. The van der Waals surface area contributed by atoms with Crippen molar-refractivity contribution in [3.05, 3.63) is 210 Å². The fourth-order valence-electron chi connectivity index (χ4n) is 8.29. The van der Waals surface area contributed by atoms with Crippen LogP contribution >= 0.6 is 0 Å². The van der Waals surface area contributed by atoms with Gasteiger partial charge in [0.2, 0.25) is 0 Å². The number of anilines is 3. The van der Waals surface area contributed by atoms with Crippen molar-refractivity contribution in [3.8, 4) is 11.3 Å². The fourth-order valence-corrected chi connectivity index (χ4v) is 8.29. The molecule has 0 saturated carbocycles. The lowest BCUT2D eigenvalue weighted by atomic mass is 9.67. The summed E-state index contributed by atoms with van der Waals surface area (Å²) in [4.78, 5) is 2.42. The molecule has 1 aliphatic carbocycles. The van der Waals surface area contributed by atoms with Crippen LogP contribution in [0.5, 0.6) is 0 Å². The molecule has 0 amide bonds. The molecule has 0 saturated heterocycles. The van der Waals surface area contributed by atoms with Gasteiger partial charge >= 0.3 is 0 Å². The molecule has 1 heterocycles. The molecule has 0 unspecified atom stereocenters. The van der Waals surface area contributed by atoms with Gasteiger partial charge in [0.25, 0.3) is 0 Å². The van der Waals surface area contributed by atoms with E-state index >= 15 is 0 Å². The van der Waals surface area contributed by atoms with Crippen molar-refractivity contribution >= 4 is 49.6 Å². The lowest BCUT2D eigenvalue weighted by molar-refractivity contribution is 0.628. The summed E-state index contributed by atoms with van der Waals surface area (Å²) < 4.78 is 6.80. The maximum Gasteiger partial charge on any atom is 0.140 e. The molecule has 0 spiro atoms. The highest BCUT2D eigenvalue weighted by Gasteiger charge is 2.49. The standard InChI is InChI=1S/C47H31NO/c1-4-17-33(18-5-1)47(34-19-6-2-7-20-34)42-31-36(28-29-40(42)46-45(47)41-26-14-15-27-44(41)49-46)48(35-21-8-3-9-22-35)43-30-32-16-10-11-23-37(32)38-24-12-13-25-39(38)43/h1-31H. The Bertz CT molecular complexity index is 2620. The lowest BCUT2D eigenvalue weighted by Crippen LogP contribution is -2.28. The van der Waals surface area contributed by atoms with E-state index in [-0.39, 0.29) is 0 Å². The Morgan fingerprint density at radius 2 is 1.00 bits per heavy atom. The van der Waals surface area contributed by atoms with E-state index in [9.17, 15) is 0 Å². The lowest BCUT2D eigenvalue weighted by Gasteiger charge is -2.34. The normalized spacial score (nSPS) is 13.1. The van der Waals surface area contributed by atoms with Gasteiger partial charge in [-0.3, -0.25) is 0 Å². The Kier molecular flexibility index (Phi) is 6.13. The van der Waals surface area contributed by atoms with Crippen molar-refractivity contribution in [2.24, 2.45) is 0 Å². The van der Waals surface area contributed by atoms with E-state index < -0.39 is 5.41 Å². The van der Waals surface area contributed by atoms with Crippen molar-refractivity contribution in [2.45, 2.75) is 5.41 Å². The number of hydrogen-bond donors (Lipinski definition) is 0. The topological polar surface area (TPSA) is 16.4 Å². The van der Waals surface area contributed by atoms with Crippen LogP contribution in [-0.2, 0) is 5.41 Å². The molecule has 230 valence electrons. The van der Waals surface area contributed by atoms with Gasteiger partial charge in [0.1, 0.15) is 11.3 Å². The maximum atomic E-state index is 6.80. The summed E-state index contributed by atoms with van der Waals surface area (Å²) >= 11 is 0. The van der Waals surface area contributed by atoms with Crippen molar-refractivity contribution in [1.29, 1.82) is 0 Å². The van der Waals surface area contributed by atoms with Crippen LogP contribution in [0.1, 0.15) is 22.3 Å². The highest BCUT2D eigenvalue weighted by Crippen LogP contribution is 2.60. The van der Waals surface area contributed by atoms with E-state index in [0.717, 1.165) is 39.4 Å². The first-order valence-electron chi connectivity index (χ1n) is 16.9. The number of fused-ring (bicyclic) bond motifs is 8. The third-order valence-electron chi connectivity index (χ3n) is 10.3. The van der Waals surface area contributed by atoms with Gasteiger partial charge in [-0.25, -0.2) is 0 Å². The van der Waals surface area contributed by atoms with Crippen molar-refractivity contribution < 1.29 is 4.42 Å². The number of furan rings is 1. The summed E-state index contributed by atoms with van der Waals surface area (Å²) in [6.45, 7) is 0. The Labute approximate surface area is 285 Å². The highest BCUT2D eigenvalue weighted by atomic mass is 16.3. The maximum absolute atomic E-state index is 6.80. The molecular weight excluding hydrogens is 595 g/mol. The average Bonchev–Trinajstić information content (AvgIpc) is 3.69. The van der Waals surface area contributed by atoms with Crippen LogP contribution in [0.15, 0.2) is 192 Å². The van der Waals surface area contributed by atoms with Gasteiger partial charge in [-0.05, 0) is 75.3 Å². The Morgan fingerprint density at radius 1 is 0.429 bits per heavy atom. The third kappa shape index (κ3) is 4.01. The van der Waals surface area contributed by atoms with Crippen LogP contribution < -0.4 is 4.90 Å². The molecule has 2 nitrogen and oxygen atoms in total. The zero-order valence-electron chi connectivity index (χ0n) is 26.8. The fraction of sp³-hybridized carbons (Fsp3) is 0.0213. The van der Waals surface area contributed by atoms with Crippen LogP contribution in [-0.4, -0.2) is 0 Å². The SMILES string of the molecule is c1ccc(N(c2ccc3c(c2)C(c2ccccc2)(c2ccccc2)c2c-3oc3ccccc23)c2cc3ccccc3c3ccccc23)cc1. The number of benzene rings is 8. The molecule has 0 bridgehead atoms. The van der Waals surface area contributed by atoms with Gasteiger partial charge in [0, 0.05) is 33.3 Å². The minimum Gasteiger partial charge on any atom is -0.456 e. The highest BCUT2D eigenvalue weighted by molar-refractivity contribution is 6.14. The molecule has 1 aromatic heterocycles. The van der Waals surface area contributed by atoms with Gasteiger partial charge in [0.15, 0.2) is 0 Å². The second-order valence-electron chi connectivity index (χ2n) is 12.8. The second-order valence-corrected chi connectivity index (χ2v) is 12.8. The van der Waals surface area contributed by atoms with E-state index in [1.54, 1.807) is 0 Å². The third-order valence-corrected chi connectivity index (χ3v) is 10.3. The van der Waals surface area contributed by atoms with Gasteiger partial charge < -0.3 is 9.32 Å². The Balaban J connectivity index is 1.32. The van der Waals surface area contributed by atoms with E-state index in [4.69, 9.17) is 4.42 Å². The molecule has 9 aromatic rings. The minimum absolute atomic E-state index is 0.594. The predicted octanol–water partition coefficient (Wildman–Crippen LogP) is 12.6. The van der Waals surface area contributed by atoms with Crippen LogP contribution in [0.2, 0.25) is 0 Å². The molecular formula is C47H31NO. The monoisotopic (exact) mass is 625 g/mol. The van der Waals surface area contributed by atoms with Crippen LogP contribution in [0.3, 0.4) is 0 Å². The van der Waals surface area contributed by atoms with E-state index in [1.807, 2.05) is 0 Å². The summed E-state index contributed by atoms with van der Waals surface area (Å²) in [6.07, 6.45) is 0. The largest absolute Gasteiger partial charge is 0.456 e. The summed E-state index contributed by atoms with van der Waals surface area (Å²) in [5.74, 6) is 0.942. The Hall–Kier alpha value is -6.38. The van der Waals surface area contributed by atoms with E-state index in [0.29, 0.717) is 0 Å². The van der Waals surface area contributed by atoms with Crippen LogP contribution in [0.4, 0.5) is 17.1 Å². The predicted molar refractivity (Wildman–Crippen MR) is 203 cm³/mol. The van der Waals surface area contributed by atoms with E-state index in [1.165, 1.54) is 43.8 Å². The molecule has 0 atom stereocenters. The molecule has 10 rings (SSSR count). The summed E-state index contributed by atoms with van der Waals surface area (Å²) in [6, 6.07) is 67.9. The number of hydrogen-bond acceptors (Lipinski definition) is 2. The van der Waals surface area contributed by atoms with Crippen LogP contribution in [0.25, 0.3) is 43.8 Å². The molecule has 8 aromatic carbocycles. The van der Waals surface area contributed by atoms with Gasteiger partial charge in [0.05, 0.1) is 11.1 Å². The molecule has 0 N–H and O–H groups in total. The first kappa shape index (κ1) is 27.7. The molecule has 0 aliphatic heterocycles. The first-order chi connectivity index (χ1) is 24.3. The Morgan fingerprint density at radius 3 is 1.71 bits per heavy atom. The zero-order chi connectivity index (χ0) is 32.4. The number of rotatable bonds is 5. The van der Waals surface area contributed by atoms with Crippen molar-refractivity contribution in [2.75, 3.05) is 4.90 Å². The van der Waals surface area contributed by atoms with Crippen LogP contribution in [0, 0.1) is 0 Å². The minimum atomic E-state index is -0.594. The molecule has 0 radical (unpaired) electrons. The molecule has 1 aliphatic rings.